The van der Waals surface area contributed by atoms with Crippen molar-refractivity contribution in [3.63, 3.8) is 0 Å². The molecule has 0 spiro atoms. The maximum Gasteiger partial charge on any atom is 0.337 e. The van der Waals surface area contributed by atoms with E-state index in [9.17, 15) is 29.0 Å². The lowest BCUT2D eigenvalue weighted by molar-refractivity contribution is -0.160. The van der Waals surface area contributed by atoms with Crippen molar-refractivity contribution >= 4 is 23.5 Å². The highest BCUT2D eigenvalue weighted by Gasteiger charge is 2.44. The smallest absolute Gasteiger partial charge is 0.337 e. The van der Waals surface area contributed by atoms with Crippen molar-refractivity contribution in [2.45, 2.75) is 12.4 Å². The number of aliphatic hydroxyl groups is 1. The summed E-state index contributed by atoms with van der Waals surface area (Å²) >= 11 is 0. The highest BCUT2D eigenvalue weighted by molar-refractivity contribution is 6.13. The van der Waals surface area contributed by atoms with E-state index in [0.29, 0.717) is 16.9 Å². The number of hydrogen-bond acceptors (Lipinski definition) is 6. The first kappa shape index (κ1) is 21.0. The summed E-state index contributed by atoms with van der Waals surface area (Å²) in [6.45, 7) is 0. The van der Waals surface area contributed by atoms with Crippen LogP contribution in [0.2, 0.25) is 0 Å². The summed E-state index contributed by atoms with van der Waals surface area (Å²) in [6, 6.07) is 10.8. The van der Waals surface area contributed by atoms with E-state index in [4.69, 9.17) is 9.84 Å². The molecule has 0 aromatic heterocycles. The largest absolute Gasteiger partial charge is 0.497 e. The second kappa shape index (κ2) is 8.31. The highest BCUT2D eigenvalue weighted by Crippen LogP contribution is 2.30. The lowest BCUT2D eigenvalue weighted by atomic mass is 10.0. The van der Waals surface area contributed by atoms with Crippen molar-refractivity contribution < 1.29 is 43.6 Å². The van der Waals surface area contributed by atoms with E-state index in [0.717, 1.165) is 6.07 Å². The number of methoxy groups -OCH3 is 1. The minimum absolute atomic E-state index is 0.311. The lowest BCUT2D eigenvalue weighted by Gasteiger charge is -2.12. The molecule has 0 saturated heterocycles. The summed E-state index contributed by atoms with van der Waals surface area (Å²) in [4.78, 5) is 35.1. The van der Waals surface area contributed by atoms with Crippen molar-refractivity contribution in [1.29, 1.82) is 0 Å². The van der Waals surface area contributed by atoms with Crippen LogP contribution < -0.4 is 10.1 Å². The molecule has 2 aromatic carbocycles. The second-order valence-electron chi connectivity index (χ2n) is 6.22. The lowest BCUT2D eigenvalue weighted by Crippen LogP contribution is -2.30. The minimum Gasteiger partial charge on any atom is -0.497 e. The van der Waals surface area contributed by atoms with Crippen molar-refractivity contribution in [3.8, 4) is 16.9 Å². The Bertz CT molecular complexity index is 1060. The van der Waals surface area contributed by atoms with Gasteiger partial charge in [0, 0.05) is 0 Å². The maximum absolute atomic E-state index is 14.6. The topological polar surface area (TPSA) is 142 Å². The van der Waals surface area contributed by atoms with Crippen molar-refractivity contribution in [3.05, 3.63) is 59.4 Å². The van der Waals surface area contributed by atoms with Crippen molar-refractivity contribution in [2.24, 2.45) is 0 Å². The predicted molar refractivity (Wildman–Crippen MR) is 100 cm³/mol. The van der Waals surface area contributed by atoms with Gasteiger partial charge >= 0.3 is 11.9 Å². The van der Waals surface area contributed by atoms with E-state index in [1.807, 2.05) is 0 Å². The molecule has 0 fully saturated rings. The molecule has 1 amide bonds. The zero-order valence-corrected chi connectivity index (χ0v) is 15.5. The number of nitrogens with one attached hydrogen (secondary N) is 1. The number of carboxylic acids is 2. The number of anilines is 1. The number of carboxylic acid groups (broad SMARTS) is 2. The molecule has 4 N–H and O–H groups in total. The Morgan fingerprint density at radius 3 is 2.37 bits per heavy atom. The fourth-order valence-corrected chi connectivity index (χ4v) is 2.97. The Kier molecular flexibility index (Phi) is 5.81. The number of ether oxygens (including phenoxy) is 2. The van der Waals surface area contributed by atoms with E-state index in [2.05, 4.69) is 10.1 Å². The molecule has 1 aliphatic rings. The van der Waals surface area contributed by atoms with Crippen LogP contribution in [0, 0.1) is 5.82 Å². The third-order valence-electron chi connectivity index (χ3n) is 4.38. The van der Waals surface area contributed by atoms with Gasteiger partial charge in [0.25, 0.3) is 5.91 Å². The molecule has 1 heterocycles. The minimum atomic E-state index is -2.11. The van der Waals surface area contributed by atoms with Gasteiger partial charge in [-0.25, -0.2) is 14.0 Å². The fourth-order valence-electron chi connectivity index (χ4n) is 2.97. The maximum atomic E-state index is 14.6. The van der Waals surface area contributed by atoms with Gasteiger partial charge in [0.1, 0.15) is 17.1 Å². The van der Waals surface area contributed by atoms with Crippen LogP contribution in [-0.4, -0.2) is 52.7 Å². The van der Waals surface area contributed by atoms with Crippen LogP contribution in [0.1, 0.15) is 0 Å². The summed E-state index contributed by atoms with van der Waals surface area (Å²) in [5.74, 6) is -4.90. The molecule has 0 aliphatic carbocycles. The Morgan fingerprint density at radius 2 is 1.77 bits per heavy atom. The Balaban J connectivity index is 1.91. The third-order valence-corrected chi connectivity index (χ3v) is 4.38. The first-order valence-corrected chi connectivity index (χ1v) is 8.52. The summed E-state index contributed by atoms with van der Waals surface area (Å²) in [6.07, 6.45) is -4.12. The second-order valence-corrected chi connectivity index (χ2v) is 6.22. The average Bonchev–Trinajstić information content (AvgIpc) is 3.07. The Morgan fingerprint density at radius 1 is 1.07 bits per heavy atom. The van der Waals surface area contributed by atoms with Crippen LogP contribution in [0.25, 0.3) is 11.1 Å². The zero-order valence-electron chi connectivity index (χ0n) is 15.5. The number of hydrogen-bond donors (Lipinski definition) is 4. The van der Waals surface area contributed by atoms with Crippen molar-refractivity contribution in [1.82, 2.24) is 0 Å². The molecular weight excluding hydrogens is 401 g/mol. The molecule has 3 rings (SSSR count). The van der Waals surface area contributed by atoms with Gasteiger partial charge in [-0.15, -0.1) is 0 Å². The molecule has 0 saturated carbocycles. The molecule has 0 radical (unpaired) electrons. The summed E-state index contributed by atoms with van der Waals surface area (Å²) in [5, 5.41) is 30.1. The van der Waals surface area contributed by atoms with Gasteiger partial charge in [0.05, 0.1) is 18.4 Å². The van der Waals surface area contributed by atoms with Gasteiger partial charge in [0.2, 0.25) is 0 Å². The average molecular weight is 417 g/mol. The predicted octanol–water partition coefficient (Wildman–Crippen LogP) is 1.62. The molecule has 30 heavy (non-hydrogen) atoms. The number of benzene rings is 2. The number of aliphatic hydroxyl groups excluding tert-OH is 1. The zero-order chi connectivity index (χ0) is 22.0. The Labute approximate surface area is 169 Å². The molecule has 2 atom stereocenters. The number of halogens is 1. The van der Waals surface area contributed by atoms with Gasteiger partial charge in [-0.2, -0.15) is 0 Å². The normalized spacial score (nSPS) is 18.2. The van der Waals surface area contributed by atoms with Crippen LogP contribution >= 0.6 is 0 Å². The first-order valence-electron chi connectivity index (χ1n) is 8.52. The molecule has 1 aliphatic heterocycles. The summed E-state index contributed by atoms with van der Waals surface area (Å²) < 4.78 is 24.3. The highest BCUT2D eigenvalue weighted by atomic mass is 19.1. The molecule has 2 aromatic rings. The third kappa shape index (κ3) is 4.00. The van der Waals surface area contributed by atoms with Gasteiger partial charge in [-0.3, -0.25) is 4.79 Å². The van der Waals surface area contributed by atoms with Gasteiger partial charge < -0.3 is 30.1 Å². The SMILES string of the molecule is COc1cccc(-c2ccc(NC(=O)C3=C(C(=O)O)C(O)OC3C(=O)O)c(F)c2)c1. The molecule has 0 bridgehead atoms. The van der Waals surface area contributed by atoms with E-state index < -0.39 is 47.2 Å². The van der Waals surface area contributed by atoms with E-state index in [1.54, 1.807) is 24.3 Å². The molecule has 9 nitrogen and oxygen atoms in total. The van der Waals surface area contributed by atoms with Crippen LogP contribution in [0.5, 0.6) is 5.75 Å². The van der Waals surface area contributed by atoms with Gasteiger partial charge in [-0.05, 0) is 35.4 Å². The van der Waals surface area contributed by atoms with E-state index >= 15 is 0 Å². The van der Waals surface area contributed by atoms with Gasteiger partial charge in [0.15, 0.2) is 12.4 Å². The quantitative estimate of drug-likeness (QED) is 0.555. The number of carbonyl (C=O) groups excluding carboxylic acids is 1. The summed E-state index contributed by atoms with van der Waals surface area (Å²) in [7, 11) is 1.49. The van der Waals surface area contributed by atoms with Crippen molar-refractivity contribution in [2.75, 3.05) is 12.4 Å². The number of aliphatic carboxylic acids is 2. The van der Waals surface area contributed by atoms with Crippen LogP contribution in [0.4, 0.5) is 10.1 Å². The van der Waals surface area contributed by atoms with Gasteiger partial charge in [-0.1, -0.05) is 18.2 Å². The Hall–Kier alpha value is -3.76. The fraction of sp³-hybridized carbons (Fsp3) is 0.150. The summed E-state index contributed by atoms with van der Waals surface area (Å²) in [5.41, 5.74) is -0.917. The standard InChI is InChI=1S/C20H16FNO8/c1-29-11-4-2-3-9(7-11)10-5-6-13(12(21)8-10)22-17(23)14-15(18(24)25)20(28)30-16(14)19(26)27/h2-8,16,20,28H,1H3,(H,22,23)(H,24,25)(H,26,27). The number of amides is 1. The van der Waals surface area contributed by atoms with Crippen LogP contribution in [-0.2, 0) is 19.1 Å². The van der Waals surface area contributed by atoms with E-state index in [-0.39, 0.29) is 5.69 Å². The van der Waals surface area contributed by atoms with Crippen LogP contribution in [0.3, 0.4) is 0 Å². The molecule has 2 unspecified atom stereocenters. The molecule has 156 valence electrons. The molecular formula is C20H16FNO8. The number of carbonyl (C=O) groups is 3. The molecule has 10 heteroatoms. The first-order chi connectivity index (χ1) is 14.2. The number of rotatable bonds is 6. The van der Waals surface area contributed by atoms with Crippen LogP contribution in [0.15, 0.2) is 53.6 Å². The van der Waals surface area contributed by atoms with E-state index in [1.165, 1.54) is 19.2 Å². The monoisotopic (exact) mass is 417 g/mol.